The number of benzene rings is 2. The maximum Gasteiger partial charge on any atom is 0.259 e. The summed E-state index contributed by atoms with van der Waals surface area (Å²) in [6, 6.07) is 10.2. The largest absolute Gasteiger partial charge is 0.493 e. The molecule has 2 N–H and O–H groups in total. The lowest BCUT2D eigenvalue weighted by Crippen LogP contribution is -2.31. The Balaban J connectivity index is 1.85. The zero-order valence-corrected chi connectivity index (χ0v) is 13.9. The summed E-state index contributed by atoms with van der Waals surface area (Å²) in [6.45, 7) is 2.91. The van der Waals surface area contributed by atoms with Gasteiger partial charge in [0.1, 0.15) is 5.75 Å². The first kappa shape index (κ1) is 16.3. The van der Waals surface area contributed by atoms with Gasteiger partial charge in [0.25, 0.3) is 11.8 Å². The number of hydrogen-bond acceptors (Lipinski definition) is 3. The van der Waals surface area contributed by atoms with Crippen molar-refractivity contribution in [1.82, 2.24) is 5.32 Å². The van der Waals surface area contributed by atoms with Crippen molar-refractivity contribution in [3.05, 3.63) is 58.1 Å². The first-order valence-corrected chi connectivity index (χ1v) is 8.11. The molecule has 0 saturated heterocycles. The summed E-state index contributed by atoms with van der Waals surface area (Å²) in [5.41, 5.74) is 2.54. The van der Waals surface area contributed by atoms with Crippen LogP contribution in [0.5, 0.6) is 5.75 Å². The Kier molecular flexibility index (Phi) is 4.71. The number of ether oxygens (including phenoxy) is 1. The monoisotopic (exact) mass is 344 g/mol. The molecule has 0 aliphatic carbocycles. The molecule has 1 heterocycles. The number of carbonyl (C=O) groups excluding carboxylic acids is 2. The van der Waals surface area contributed by atoms with E-state index < -0.39 is 0 Å². The van der Waals surface area contributed by atoms with Crippen LogP contribution < -0.4 is 15.4 Å². The molecule has 0 spiro atoms. The predicted molar refractivity (Wildman–Crippen MR) is 93.1 cm³/mol. The van der Waals surface area contributed by atoms with Gasteiger partial charge in [0, 0.05) is 22.8 Å². The lowest BCUT2D eigenvalue weighted by atomic mass is 10.00. The molecule has 0 aromatic heterocycles. The number of fused-ring (bicyclic) bond motifs is 1. The molecule has 2 aromatic rings. The summed E-state index contributed by atoms with van der Waals surface area (Å²) in [5.74, 6) is -0.00154. The Morgan fingerprint density at radius 3 is 2.92 bits per heavy atom. The minimum absolute atomic E-state index is 0.117. The fourth-order valence-electron chi connectivity index (χ4n) is 2.65. The fourth-order valence-corrected chi connectivity index (χ4v) is 2.81. The maximum atomic E-state index is 12.5. The number of amides is 2. The molecule has 0 fully saturated rings. The average molecular weight is 345 g/mol. The highest BCUT2D eigenvalue weighted by molar-refractivity contribution is 6.31. The number of nitrogens with one attached hydrogen (secondary N) is 2. The van der Waals surface area contributed by atoms with Crippen molar-refractivity contribution in [1.29, 1.82) is 0 Å². The van der Waals surface area contributed by atoms with Gasteiger partial charge in [-0.15, -0.1) is 0 Å². The van der Waals surface area contributed by atoms with Crippen molar-refractivity contribution in [2.75, 3.05) is 18.5 Å². The first-order chi connectivity index (χ1) is 11.6. The number of rotatable bonds is 4. The highest BCUT2D eigenvalue weighted by Crippen LogP contribution is 2.25. The summed E-state index contributed by atoms with van der Waals surface area (Å²) in [6.07, 6.45) is 0.793. The molecule has 2 amide bonds. The van der Waals surface area contributed by atoms with Crippen molar-refractivity contribution in [2.45, 2.75) is 13.3 Å². The van der Waals surface area contributed by atoms with E-state index in [1.165, 1.54) is 0 Å². The molecule has 0 radical (unpaired) electrons. The molecule has 5 nitrogen and oxygen atoms in total. The van der Waals surface area contributed by atoms with Gasteiger partial charge in [0.15, 0.2) is 0 Å². The number of anilines is 1. The number of hydrogen-bond donors (Lipinski definition) is 2. The van der Waals surface area contributed by atoms with Crippen LogP contribution >= 0.6 is 11.6 Å². The van der Waals surface area contributed by atoms with Crippen molar-refractivity contribution in [2.24, 2.45) is 0 Å². The van der Waals surface area contributed by atoms with Crippen LogP contribution in [-0.4, -0.2) is 25.0 Å². The van der Waals surface area contributed by atoms with E-state index >= 15 is 0 Å². The normalized spacial score (nSPS) is 13.0. The lowest BCUT2D eigenvalue weighted by Gasteiger charge is -2.17. The molecule has 0 bridgehead atoms. The van der Waals surface area contributed by atoms with Crippen molar-refractivity contribution < 1.29 is 14.3 Å². The Labute approximate surface area is 145 Å². The Hall–Kier alpha value is -2.53. The Morgan fingerprint density at radius 2 is 2.12 bits per heavy atom. The van der Waals surface area contributed by atoms with Crippen LogP contribution in [0.1, 0.15) is 33.2 Å². The lowest BCUT2D eigenvalue weighted by molar-refractivity contribution is 0.0944. The van der Waals surface area contributed by atoms with Gasteiger partial charge in [-0.3, -0.25) is 9.59 Å². The second-order valence-electron chi connectivity index (χ2n) is 5.41. The zero-order chi connectivity index (χ0) is 17.1. The molecular formula is C18H17ClN2O3. The second kappa shape index (κ2) is 6.93. The van der Waals surface area contributed by atoms with Crippen molar-refractivity contribution in [3.63, 3.8) is 0 Å². The first-order valence-electron chi connectivity index (χ1n) is 7.73. The fraction of sp³-hybridized carbons (Fsp3) is 0.222. The van der Waals surface area contributed by atoms with Gasteiger partial charge in [0.05, 0.1) is 12.2 Å². The van der Waals surface area contributed by atoms with E-state index in [4.69, 9.17) is 16.3 Å². The molecule has 1 aliphatic heterocycles. The molecule has 2 aromatic carbocycles. The third-order valence-corrected chi connectivity index (χ3v) is 4.02. The molecule has 0 unspecified atom stereocenters. The minimum Gasteiger partial charge on any atom is -0.493 e. The quantitative estimate of drug-likeness (QED) is 0.894. The Morgan fingerprint density at radius 1 is 1.29 bits per heavy atom. The van der Waals surface area contributed by atoms with E-state index in [2.05, 4.69) is 10.6 Å². The van der Waals surface area contributed by atoms with Crippen LogP contribution in [0.2, 0.25) is 5.02 Å². The smallest absolute Gasteiger partial charge is 0.259 e. The average Bonchev–Trinajstić information content (AvgIpc) is 2.56. The van der Waals surface area contributed by atoms with Gasteiger partial charge < -0.3 is 15.4 Å². The topological polar surface area (TPSA) is 67.4 Å². The molecule has 0 atom stereocenters. The third-order valence-electron chi connectivity index (χ3n) is 3.78. The van der Waals surface area contributed by atoms with Crippen LogP contribution in [0, 0.1) is 0 Å². The molecule has 3 rings (SSSR count). The molecule has 24 heavy (non-hydrogen) atoms. The van der Waals surface area contributed by atoms with Gasteiger partial charge in [-0.05, 0) is 49.2 Å². The van der Waals surface area contributed by atoms with Crippen molar-refractivity contribution >= 4 is 29.1 Å². The van der Waals surface area contributed by atoms with Crippen LogP contribution in [0.4, 0.5) is 5.69 Å². The van der Waals surface area contributed by atoms with Gasteiger partial charge >= 0.3 is 0 Å². The molecule has 124 valence electrons. The highest BCUT2D eigenvalue weighted by atomic mass is 35.5. The maximum absolute atomic E-state index is 12.5. The standard InChI is InChI=1S/C18H17ClN2O3/c1-2-24-16-9-12(19)4-6-14(16)18(23)21-13-5-3-11-7-8-20-17(22)15(11)10-13/h3-6,9-10H,2,7-8H2,1H3,(H,20,22)(H,21,23). The van der Waals surface area contributed by atoms with Crippen LogP contribution in [0.3, 0.4) is 0 Å². The van der Waals surface area contributed by atoms with Crippen LogP contribution in [0.15, 0.2) is 36.4 Å². The molecule has 1 aliphatic rings. The van der Waals surface area contributed by atoms with Crippen molar-refractivity contribution in [3.8, 4) is 5.75 Å². The van der Waals surface area contributed by atoms with E-state index in [0.29, 0.717) is 40.7 Å². The van der Waals surface area contributed by atoms with Gasteiger partial charge in [-0.1, -0.05) is 17.7 Å². The molecule has 0 saturated carbocycles. The van der Waals surface area contributed by atoms with E-state index in [0.717, 1.165) is 12.0 Å². The van der Waals surface area contributed by atoms with E-state index in [1.807, 2.05) is 13.0 Å². The van der Waals surface area contributed by atoms with Gasteiger partial charge in [-0.25, -0.2) is 0 Å². The summed E-state index contributed by atoms with van der Waals surface area (Å²) < 4.78 is 5.47. The molecular weight excluding hydrogens is 328 g/mol. The minimum atomic E-state index is -0.314. The zero-order valence-electron chi connectivity index (χ0n) is 13.2. The van der Waals surface area contributed by atoms with E-state index in [1.54, 1.807) is 30.3 Å². The van der Waals surface area contributed by atoms with Crippen LogP contribution in [0.25, 0.3) is 0 Å². The highest BCUT2D eigenvalue weighted by Gasteiger charge is 2.18. The molecule has 6 heteroatoms. The summed E-state index contributed by atoms with van der Waals surface area (Å²) in [4.78, 5) is 24.4. The Bertz CT molecular complexity index is 805. The predicted octanol–water partition coefficient (Wildman–Crippen LogP) is 3.28. The summed E-state index contributed by atoms with van der Waals surface area (Å²) >= 11 is 5.96. The number of carbonyl (C=O) groups is 2. The SMILES string of the molecule is CCOc1cc(Cl)ccc1C(=O)Nc1ccc2c(c1)C(=O)NCC2. The van der Waals surface area contributed by atoms with E-state index in [-0.39, 0.29) is 11.8 Å². The summed E-state index contributed by atoms with van der Waals surface area (Å²) in [5, 5.41) is 6.10. The second-order valence-corrected chi connectivity index (χ2v) is 5.84. The third kappa shape index (κ3) is 3.36. The summed E-state index contributed by atoms with van der Waals surface area (Å²) in [7, 11) is 0. The van der Waals surface area contributed by atoms with Crippen LogP contribution in [-0.2, 0) is 6.42 Å². The van der Waals surface area contributed by atoms with Gasteiger partial charge in [-0.2, -0.15) is 0 Å². The van der Waals surface area contributed by atoms with Gasteiger partial charge in [0.2, 0.25) is 0 Å². The van der Waals surface area contributed by atoms with E-state index in [9.17, 15) is 9.59 Å². The number of halogens is 1.